The van der Waals surface area contributed by atoms with Crippen LogP contribution in [-0.2, 0) is 4.74 Å². The lowest BCUT2D eigenvalue weighted by molar-refractivity contribution is 0.178. The topological polar surface area (TPSA) is 38.5 Å². The van der Waals surface area contributed by atoms with Crippen LogP contribution >= 0.6 is 0 Å². The Labute approximate surface area is 82.2 Å². The molecule has 80 valence electrons. The average Bonchev–Trinajstić information content (AvgIpc) is 2.14. The molecule has 0 rings (SSSR count). The van der Waals surface area contributed by atoms with Gasteiger partial charge in [-0.2, -0.15) is 0 Å². The molecule has 2 N–H and O–H groups in total. The van der Waals surface area contributed by atoms with E-state index in [4.69, 9.17) is 10.5 Å². The molecular formula is C10H24N2O. The second kappa shape index (κ2) is 8.48. The summed E-state index contributed by atoms with van der Waals surface area (Å²) in [5, 5.41) is 0. The third-order valence-corrected chi connectivity index (χ3v) is 2.29. The van der Waals surface area contributed by atoms with Crippen LogP contribution in [0.25, 0.3) is 0 Å². The molecule has 0 saturated carbocycles. The summed E-state index contributed by atoms with van der Waals surface area (Å²) in [6.45, 7) is 6.11. The first-order valence-electron chi connectivity index (χ1n) is 5.08. The van der Waals surface area contributed by atoms with Gasteiger partial charge in [0.1, 0.15) is 0 Å². The molecule has 0 amide bonds. The summed E-state index contributed by atoms with van der Waals surface area (Å²) in [6, 6.07) is 0. The molecule has 1 atom stereocenters. The van der Waals surface area contributed by atoms with Gasteiger partial charge in [-0.05, 0) is 38.9 Å². The second-order valence-electron chi connectivity index (χ2n) is 3.78. The molecule has 0 aliphatic carbocycles. The molecule has 0 aromatic carbocycles. The standard InChI is InChI=1S/C10H24N2O/c1-10(9-11)5-7-12(2)6-4-8-13-3/h10H,4-9,11H2,1-3H3. The van der Waals surface area contributed by atoms with E-state index in [-0.39, 0.29) is 0 Å². The Kier molecular flexibility index (Phi) is 8.40. The molecule has 0 fully saturated rings. The van der Waals surface area contributed by atoms with Crippen molar-refractivity contribution in [1.82, 2.24) is 4.90 Å². The van der Waals surface area contributed by atoms with Crippen LogP contribution in [-0.4, -0.2) is 45.3 Å². The molecule has 0 spiro atoms. The van der Waals surface area contributed by atoms with E-state index in [1.807, 2.05) is 0 Å². The molecule has 0 heterocycles. The van der Waals surface area contributed by atoms with Crippen molar-refractivity contribution in [2.45, 2.75) is 19.8 Å². The lowest BCUT2D eigenvalue weighted by Gasteiger charge is -2.18. The highest BCUT2D eigenvalue weighted by molar-refractivity contribution is 4.57. The third-order valence-electron chi connectivity index (χ3n) is 2.29. The summed E-state index contributed by atoms with van der Waals surface area (Å²) in [5.74, 6) is 0.643. The van der Waals surface area contributed by atoms with Gasteiger partial charge in [0.2, 0.25) is 0 Å². The summed E-state index contributed by atoms with van der Waals surface area (Å²) in [7, 11) is 3.90. The Balaban J connectivity index is 3.24. The van der Waals surface area contributed by atoms with E-state index in [0.717, 1.165) is 32.7 Å². The van der Waals surface area contributed by atoms with Crippen molar-refractivity contribution in [1.29, 1.82) is 0 Å². The first kappa shape index (κ1) is 12.9. The van der Waals surface area contributed by atoms with E-state index >= 15 is 0 Å². The van der Waals surface area contributed by atoms with Crippen molar-refractivity contribution in [3.05, 3.63) is 0 Å². The lowest BCUT2D eigenvalue weighted by atomic mass is 10.1. The highest BCUT2D eigenvalue weighted by atomic mass is 16.5. The maximum Gasteiger partial charge on any atom is 0.0474 e. The first-order chi connectivity index (χ1) is 6.20. The summed E-state index contributed by atoms with van der Waals surface area (Å²) in [4.78, 5) is 2.34. The SMILES string of the molecule is COCCCN(C)CCC(C)CN. The maximum absolute atomic E-state index is 5.54. The van der Waals surface area contributed by atoms with Crippen molar-refractivity contribution in [3.63, 3.8) is 0 Å². The van der Waals surface area contributed by atoms with Gasteiger partial charge in [0.05, 0.1) is 0 Å². The summed E-state index contributed by atoms with van der Waals surface area (Å²) >= 11 is 0. The maximum atomic E-state index is 5.54. The second-order valence-corrected chi connectivity index (χ2v) is 3.78. The molecule has 3 heteroatoms. The van der Waals surface area contributed by atoms with Gasteiger partial charge in [-0.1, -0.05) is 6.92 Å². The van der Waals surface area contributed by atoms with Gasteiger partial charge in [-0.3, -0.25) is 0 Å². The normalized spacial score (nSPS) is 13.6. The minimum absolute atomic E-state index is 0.643. The van der Waals surface area contributed by atoms with E-state index in [9.17, 15) is 0 Å². The fourth-order valence-electron chi connectivity index (χ4n) is 1.15. The zero-order valence-electron chi connectivity index (χ0n) is 9.25. The minimum atomic E-state index is 0.643. The summed E-state index contributed by atoms with van der Waals surface area (Å²) in [5.41, 5.74) is 5.54. The molecule has 1 unspecified atom stereocenters. The molecule has 0 aliphatic heterocycles. The van der Waals surface area contributed by atoms with Crippen molar-refractivity contribution in [3.8, 4) is 0 Å². The zero-order chi connectivity index (χ0) is 10.1. The molecule has 0 aliphatic rings. The van der Waals surface area contributed by atoms with Gasteiger partial charge >= 0.3 is 0 Å². The number of nitrogens with zero attached hydrogens (tertiary/aromatic N) is 1. The fraction of sp³-hybridized carbons (Fsp3) is 1.00. The highest BCUT2D eigenvalue weighted by Gasteiger charge is 2.02. The molecular weight excluding hydrogens is 164 g/mol. The van der Waals surface area contributed by atoms with Crippen LogP contribution in [0.2, 0.25) is 0 Å². The van der Waals surface area contributed by atoms with E-state index in [1.165, 1.54) is 6.42 Å². The average molecular weight is 188 g/mol. The first-order valence-corrected chi connectivity index (χ1v) is 5.08. The van der Waals surface area contributed by atoms with E-state index in [1.54, 1.807) is 7.11 Å². The van der Waals surface area contributed by atoms with Gasteiger partial charge in [0, 0.05) is 20.3 Å². The highest BCUT2D eigenvalue weighted by Crippen LogP contribution is 2.00. The van der Waals surface area contributed by atoms with Gasteiger partial charge in [0.25, 0.3) is 0 Å². The Morgan fingerprint density at radius 2 is 2.08 bits per heavy atom. The van der Waals surface area contributed by atoms with Crippen molar-refractivity contribution in [2.75, 3.05) is 40.4 Å². The van der Waals surface area contributed by atoms with E-state index in [2.05, 4.69) is 18.9 Å². The van der Waals surface area contributed by atoms with E-state index in [0.29, 0.717) is 5.92 Å². The quantitative estimate of drug-likeness (QED) is 0.576. The molecule has 0 saturated heterocycles. The van der Waals surface area contributed by atoms with Gasteiger partial charge in [0.15, 0.2) is 0 Å². The van der Waals surface area contributed by atoms with Crippen molar-refractivity contribution < 1.29 is 4.74 Å². The Morgan fingerprint density at radius 3 is 2.62 bits per heavy atom. The molecule has 0 aromatic rings. The molecule has 0 bridgehead atoms. The number of methoxy groups -OCH3 is 1. The number of hydrogen-bond acceptors (Lipinski definition) is 3. The van der Waals surface area contributed by atoms with Crippen LogP contribution in [0.1, 0.15) is 19.8 Å². The van der Waals surface area contributed by atoms with Crippen LogP contribution in [0.5, 0.6) is 0 Å². The van der Waals surface area contributed by atoms with Crippen LogP contribution in [0.4, 0.5) is 0 Å². The van der Waals surface area contributed by atoms with Gasteiger partial charge in [-0.25, -0.2) is 0 Å². The lowest BCUT2D eigenvalue weighted by Crippen LogP contribution is -2.25. The number of ether oxygens (including phenoxy) is 1. The third kappa shape index (κ3) is 8.22. The van der Waals surface area contributed by atoms with Crippen LogP contribution in [0.3, 0.4) is 0 Å². The van der Waals surface area contributed by atoms with Gasteiger partial charge in [-0.15, -0.1) is 0 Å². The van der Waals surface area contributed by atoms with Gasteiger partial charge < -0.3 is 15.4 Å². The van der Waals surface area contributed by atoms with Crippen molar-refractivity contribution in [2.24, 2.45) is 11.7 Å². The Hall–Kier alpha value is -0.120. The largest absolute Gasteiger partial charge is 0.385 e. The summed E-state index contributed by atoms with van der Waals surface area (Å²) < 4.78 is 4.99. The Morgan fingerprint density at radius 1 is 1.38 bits per heavy atom. The van der Waals surface area contributed by atoms with Crippen LogP contribution < -0.4 is 5.73 Å². The molecule has 13 heavy (non-hydrogen) atoms. The smallest absolute Gasteiger partial charge is 0.0474 e. The van der Waals surface area contributed by atoms with E-state index < -0.39 is 0 Å². The van der Waals surface area contributed by atoms with Crippen molar-refractivity contribution >= 4 is 0 Å². The van der Waals surface area contributed by atoms with Crippen LogP contribution in [0.15, 0.2) is 0 Å². The van der Waals surface area contributed by atoms with Crippen LogP contribution in [0, 0.1) is 5.92 Å². The predicted octanol–water partition coefficient (Wildman–Crippen LogP) is 0.940. The zero-order valence-corrected chi connectivity index (χ0v) is 9.25. The number of nitrogens with two attached hydrogens (primary N) is 1. The summed E-state index contributed by atoms with van der Waals surface area (Å²) in [6.07, 6.45) is 2.31. The molecule has 0 aromatic heterocycles. The molecule has 0 radical (unpaired) electrons. The fourth-order valence-corrected chi connectivity index (χ4v) is 1.15. The Bertz CT molecular complexity index is 109. The minimum Gasteiger partial charge on any atom is -0.385 e. The number of hydrogen-bond donors (Lipinski definition) is 1. The predicted molar refractivity (Wildman–Crippen MR) is 56.8 cm³/mol. The number of rotatable bonds is 8. The molecule has 3 nitrogen and oxygen atoms in total. The monoisotopic (exact) mass is 188 g/mol.